The largest absolute Gasteiger partial charge is 0.293 e. The number of nitrogens with zero attached hydrogens (tertiary/aromatic N) is 4. The van der Waals surface area contributed by atoms with Crippen molar-refractivity contribution in [3.8, 4) is 22.4 Å². The van der Waals surface area contributed by atoms with Crippen LogP contribution in [0, 0.1) is 0 Å². The summed E-state index contributed by atoms with van der Waals surface area (Å²) in [7, 11) is -0.544. The predicted molar refractivity (Wildman–Crippen MR) is 139 cm³/mol. The van der Waals surface area contributed by atoms with Crippen LogP contribution in [0.4, 0.5) is 0 Å². The lowest BCUT2D eigenvalue weighted by Gasteiger charge is -2.13. The fraction of sp³-hybridized carbons (Fsp3) is 0.185. The van der Waals surface area contributed by atoms with Crippen molar-refractivity contribution in [1.29, 1.82) is 0 Å². The van der Waals surface area contributed by atoms with Crippen molar-refractivity contribution in [2.75, 3.05) is 14.1 Å². The zero-order chi connectivity index (χ0) is 24.7. The minimum Gasteiger partial charge on any atom is -0.293 e. The average Bonchev–Trinajstić information content (AvgIpc) is 3.32. The van der Waals surface area contributed by atoms with E-state index in [-0.39, 0.29) is 10.5 Å². The van der Waals surface area contributed by atoms with Gasteiger partial charge in [0.2, 0.25) is 10.0 Å². The molecule has 0 fully saturated rings. The van der Waals surface area contributed by atoms with E-state index in [0.717, 1.165) is 34.5 Å². The molecule has 0 saturated heterocycles. The number of fused-ring (bicyclic) bond motifs is 3. The van der Waals surface area contributed by atoms with Gasteiger partial charge in [-0.05, 0) is 41.8 Å². The number of rotatable bonds is 6. The van der Waals surface area contributed by atoms with Gasteiger partial charge in [0.05, 0.1) is 21.5 Å². The molecule has 0 unspecified atom stereocenters. The van der Waals surface area contributed by atoms with Gasteiger partial charge in [0.25, 0.3) is 5.56 Å². The number of aromatic nitrogens is 3. The molecular weight excluding hydrogens is 460 g/mol. The van der Waals surface area contributed by atoms with Gasteiger partial charge in [-0.15, -0.1) is 0 Å². The average molecular weight is 487 g/mol. The molecule has 0 bridgehead atoms. The number of aryl methyl sites for hydroxylation is 1. The summed E-state index contributed by atoms with van der Waals surface area (Å²) < 4.78 is 30.1. The van der Waals surface area contributed by atoms with Gasteiger partial charge in [-0.3, -0.25) is 9.36 Å². The molecule has 0 aliphatic carbocycles. The molecule has 0 saturated carbocycles. The summed E-state index contributed by atoms with van der Waals surface area (Å²) in [6, 6.07) is 24.2. The van der Waals surface area contributed by atoms with E-state index in [4.69, 9.17) is 5.10 Å². The summed E-state index contributed by atoms with van der Waals surface area (Å²) in [5.41, 5.74) is 4.64. The second-order valence-corrected chi connectivity index (χ2v) is 10.8. The highest BCUT2D eigenvalue weighted by atomic mass is 32.2. The molecule has 8 heteroatoms. The van der Waals surface area contributed by atoms with E-state index in [1.165, 1.54) is 18.4 Å². The zero-order valence-corrected chi connectivity index (χ0v) is 20.7. The first-order valence-electron chi connectivity index (χ1n) is 11.5. The van der Waals surface area contributed by atoms with Crippen molar-refractivity contribution in [1.82, 2.24) is 18.5 Å². The predicted octanol–water partition coefficient (Wildman–Crippen LogP) is 4.64. The van der Waals surface area contributed by atoms with E-state index < -0.39 is 10.0 Å². The summed E-state index contributed by atoms with van der Waals surface area (Å²) in [4.78, 5) is 13.6. The molecule has 35 heavy (non-hydrogen) atoms. The van der Waals surface area contributed by atoms with E-state index in [2.05, 4.69) is 0 Å². The van der Waals surface area contributed by atoms with Crippen LogP contribution >= 0.6 is 0 Å². The topological polar surface area (TPSA) is 76.7 Å². The van der Waals surface area contributed by atoms with Crippen LogP contribution in [0.25, 0.3) is 38.9 Å². The summed E-state index contributed by atoms with van der Waals surface area (Å²) >= 11 is 0. The minimum atomic E-state index is -3.57. The van der Waals surface area contributed by atoms with Crippen LogP contribution in [0.2, 0.25) is 0 Å². The fourth-order valence-electron chi connectivity index (χ4n) is 4.29. The summed E-state index contributed by atoms with van der Waals surface area (Å²) in [6.07, 6.45) is 0.818. The Morgan fingerprint density at radius 3 is 2.29 bits per heavy atom. The Kier molecular flexibility index (Phi) is 5.78. The smallest absolute Gasteiger partial charge is 0.261 e. The van der Waals surface area contributed by atoms with Crippen LogP contribution in [0.1, 0.15) is 13.3 Å². The van der Waals surface area contributed by atoms with Gasteiger partial charge in [-0.2, -0.15) is 5.10 Å². The lowest BCUT2D eigenvalue weighted by Crippen LogP contribution is -2.23. The minimum absolute atomic E-state index is 0.0654. The Morgan fingerprint density at radius 1 is 0.857 bits per heavy atom. The van der Waals surface area contributed by atoms with Crippen molar-refractivity contribution >= 4 is 26.6 Å². The molecule has 0 atom stereocenters. The van der Waals surface area contributed by atoms with Crippen LogP contribution in [-0.2, 0) is 16.6 Å². The molecule has 178 valence electrons. The van der Waals surface area contributed by atoms with Gasteiger partial charge in [0.15, 0.2) is 0 Å². The lowest BCUT2D eigenvalue weighted by atomic mass is 10.0. The summed E-state index contributed by atoms with van der Waals surface area (Å²) in [6.45, 7) is 2.63. The quantitative estimate of drug-likeness (QED) is 0.350. The molecule has 2 heterocycles. The normalized spacial score (nSPS) is 12.1. The van der Waals surface area contributed by atoms with E-state index in [0.29, 0.717) is 17.4 Å². The standard InChI is InChI=1S/C27H26N4O3S/c1-4-15-30-26-18-24(19-9-6-5-7-10-19)28-31(26)25-17-21(13-14-23(25)27(30)32)20-11-8-12-22(16-20)35(33,34)29(2)3/h5-14,16-18H,4,15H2,1-3H3. The van der Waals surface area contributed by atoms with Crippen molar-refractivity contribution in [2.45, 2.75) is 24.8 Å². The van der Waals surface area contributed by atoms with Gasteiger partial charge < -0.3 is 0 Å². The molecule has 2 aromatic heterocycles. The van der Waals surface area contributed by atoms with Gasteiger partial charge in [0.1, 0.15) is 5.65 Å². The van der Waals surface area contributed by atoms with Gasteiger partial charge >= 0.3 is 0 Å². The zero-order valence-electron chi connectivity index (χ0n) is 19.8. The van der Waals surface area contributed by atoms with E-state index in [9.17, 15) is 13.2 Å². The third-order valence-corrected chi connectivity index (χ3v) is 7.94. The molecule has 0 aliphatic rings. The van der Waals surface area contributed by atoms with Crippen LogP contribution in [-0.4, -0.2) is 41.0 Å². The van der Waals surface area contributed by atoms with Crippen molar-refractivity contribution < 1.29 is 8.42 Å². The van der Waals surface area contributed by atoms with Crippen LogP contribution in [0.15, 0.2) is 88.6 Å². The fourth-order valence-corrected chi connectivity index (χ4v) is 5.24. The molecule has 0 radical (unpaired) electrons. The monoisotopic (exact) mass is 486 g/mol. The lowest BCUT2D eigenvalue weighted by molar-refractivity contribution is 0.521. The Labute approximate surface area is 203 Å². The van der Waals surface area contributed by atoms with Crippen molar-refractivity contribution in [2.24, 2.45) is 0 Å². The Morgan fingerprint density at radius 2 is 1.57 bits per heavy atom. The molecule has 7 nitrogen and oxygen atoms in total. The highest BCUT2D eigenvalue weighted by Crippen LogP contribution is 2.28. The number of sulfonamides is 1. The van der Waals surface area contributed by atoms with Crippen LogP contribution in [0.5, 0.6) is 0 Å². The number of benzene rings is 3. The third-order valence-electron chi connectivity index (χ3n) is 6.13. The van der Waals surface area contributed by atoms with Crippen LogP contribution < -0.4 is 5.56 Å². The van der Waals surface area contributed by atoms with Crippen molar-refractivity contribution in [3.05, 3.63) is 89.2 Å². The van der Waals surface area contributed by atoms with Gasteiger partial charge in [-0.25, -0.2) is 17.2 Å². The molecule has 3 aromatic carbocycles. The van der Waals surface area contributed by atoms with E-state index in [1.807, 2.05) is 66.0 Å². The molecule has 0 spiro atoms. The summed E-state index contributed by atoms with van der Waals surface area (Å²) in [5.74, 6) is 0. The number of hydrogen-bond acceptors (Lipinski definition) is 4. The summed E-state index contributed by atoms with van der Waals surface area (Å²) in [5, 5.41) is 5.43. The highest BCUT2D eigenvalue weighted by Gasteiger charge is 2.19. The maximum Gasteiger partial charge on any atom is 0.261 e. The molecule has 0 N–H and O–H groups in total. The second-order valence-electron chi connectivity index (χ2n) is 8.67. The maximum absolute atomic E-state index is 13.4. The first-order valence-corrected chi connectivity index (χ1v) is 12.9. The SMILES string of the molecule is CCCn1c(=O)c2ccc(-c3cccc(S(=O)(=O)N(C)C)c3)cc2n2nc(-c3ccccc3)cc12. The van der Waals surface area contributed by atoms with Gasteiger partial charge in [0, 0.05) is 32.3 Å². The highest BCUT2D eigenvalue weighted by molar-refractivity contribution is 7.89. The first kappa shape index (κ1) is 23.0. The number of hydrogen-bond donors (Lipinski definition) is 0. The van der Waals surface area contributed by atoms with Gasteiger partial charge in [-0.1, -0.05) is 55.5 Å². The molecular formula is C27H26N4O3S. The molecule has 0 amide bonds. The molecule has 0 aliphatic heterocycles. The first-order chi connectivity index (χ1) is 16.8. The Balaban J connectivity index is 1.76. The van der Waals surface area contributed by atoms with E-state index >= 15 is 0 Å². The Bertz CT molecular complexity index is 1720. The Hall–Kier alpha value is -3.75. The molecule has 5 rings (SSSR count). The molecule has 5 aromatic rings. The third kappa shape index (κ3) is 3.94. The second kappa shape index (κ2) is 8.79. The van der Waals surface area contributed by atoms with E-state index in [1.54, 1.807) is 28.8 Å². The maximum atomic E-state index is 13.4. The van der Waals surface area contributed by atoms with Crippen LogP contribution in [0.3, 0.4) is 0 Å². The van der Waals surface area contributed by atoms with Crippen molar-refractivity contribution in [3.63, 3.8) is 0 Å².